The van der Waals surface area contributed by atoms with Crippen molar-refractivity contribution in [2.45, 2.75) is 19.4 Å². The summed E-state index contributed by atoms with van der Waals surface area (Å²) in [6, 6.07) is 5.41. The van der Waals surface area contributed by atoms with Crippen LogP contribution in [0.2, 0.25) is 0 Å². The lowest BCUT2D eigenvalue weighted by Crippen LogP contribution is -2.42. The highest BCUT2D eigenvalue weighted by atomic mass is 32.2. The van der Waals surface area contributed by atoms with Gasteiger partial charge in [-0.2, -0.15) is 0 Å². The number of hydrogen-bond donors (Lipinski definition) is 0. The summed E-state index contributed by atoms with van der Waals surface area (Å²) in [5.74, 6) is -0.902. The molecule has 0 spiro atoms. The van der Waals surface area contributed by atoms with Gasteiger partial charge in [0, 0.05) is 18.8 Å². The lowest BCUT2D eigenvalue weighted by Gasteiger charge is -2.37. The number of nitrogens with zero attached hydrogens (tertiary/aromatic N) is 3. The summed E-state index contributed by atoms with van der Waals surface area (Å²) in [5, 5.41) is 2.56. The number of carbonyl (C=O) groups is 2. The van der Waals surface area contributed by atoms with Crippen LogP contribution in [-0.4, -0.2) is 59.8 Å². The Morgan fingerprint density at radius 1 is 1.31 bits per heavy atom. The second-order valence-corrected chi connectivity index (χ2v) is 8.34. The van der Waals surface area contributed by atoms with E-state index in [9.17, 15) is 14.0 Å². The van der Waals surface area contributed by atoms with Crippen LogP contribution in [0.5, 0.6) is 0 Å². The van der Waals surface area contributed by atoms with E-state index in [2.05, 4.69) is 11.6 Å². The van der Waals surface area contributed by atoms with E-state index in [1.807, 2.05) is 10.3 Å². The summed E-state index contributed by atoms with van der Waals surface area (Å²) >= 11 is 1.40. The summed E-state index contributed by atoms with van der Waals surface area (Å²) in [5.41, 5.74) is 2.33. The molecule has 32 heavy (non-hydrogen) atoms. The quantitative estimate of drug-likeness (QED) is 0.482. The van der Waals surface area contributed by atoms with E-state index in [4.69, 9.17) is 9.47 Å². The molecular weight excluding hydrogens is 433 g/mol. The Morgan fingerprint density at radius 3 is 2.72 bits per heavy atom. The number of allylic oxidation sites excluding steroid dienone is 1. The van der Waals surface area contributed by atoms with E-state index in [1.54, 1.807) is 24.0 Å². The summed E-state index contributed by atoms with van der Waals surface area (Å²) in [4.78, 5) is 34.2. The Labute approximate surface area is 190 Å². The van der Waals surface area contributed by atoms with Gasteiger partial charge in [0.15, 0.2) is 5.17 Å². The van der Waals surface area contributed by atoms with Crippen LogP contribution in [0.1, 0.15) is 24.9 Å². The van der Waals surface area contributed by atoms with Gasteiger partial charge in [0.1, 0.15) is 12.4 Å². The van der Waals surface area contributed by atoms with E-state index >= 15 is 0 Å². The molecule has 3 aliphatic rings. The first-order chi connectivity index (χ1) is 15.5. The van der Waals surface area contributed by atoms with Crippen LogP contribution in [0.3, 0.4) is 0 Å². The highest BCUT2D eigenvalue weighted by Gasteiger charge is 2.41. The molecule has 1 fully saturated rings. The second kappa shape index (κ2) is 9.70. The molecule has 0 N–H and O–H groups in total. The van der Waals surface area contributed by atoms with E-state index in [0.29, 0.717) is 48.3 Å². The number of morpholine rings is 1. The summed E-state index contributed by atoms with van der Waals surface area (Å²) in [6.07, 6.45) is 1.66. The van der Waals surface area contributed by atoms with Gasteiger partial charge in [-0.1, -0.05) is 36.5 Å². The number of esters is 1. The van der Waals surface area contributed by atoms with Gasteiger partial charge in [0.25, 0.3) is 0 Å². The van der Waals surface area contributed by atoms with Gasteiger partial charge in [0.2, 0.25) is 5.91 Å². The number of amidine groups is 1. The number of ether oxygens (including phenoxy) is 2. The van der Waals surface area contributed by atoms with Crippen molar-refractivity contribution in [1.82, 2.24) is 9.80 Å². The van der Waals surface area contributed by atoms with Crippen LogP contribution in [0.4, 0.5) is 4.39 Å². The molecule has 0 bridgehead atoms. The number of benzene rings is 1. The van der Waals surface area contributed by atoms with Crippen LogP contribution in [0.25, 0.3) is 0 Å². The Morgan fingerprint density at radius 2 is 2.03 bits per heavy atom. The Kier molecular flexibility index (Phi) is 6.76. The molecule has 0 radical (unpaired) electrons. The molecule has 168 valence electrons. The van der Waals surface area contributed by atoms with Crippen LogP contribution in [0, 0.1) is 5.82 Å². The smallest absolute Gasteiger partial charge is 0.338 e. The molecule has 0 saturated carbocycles. The van der Waals surface area contributed by atoms with Crippen molar-refractivity contribution in [3.8, 4) is 0 Å². The minimum absolute atomic E-state index is 0.0127. The van der Waals surface area contributed by atoms with E-state index in [-0.39, 0.29) is 24.8 Å². The molecule has 0 aromatic heterocycles. The third kappa shape index (κ3) is 4.49. The molecule has 0 aliphatic carbocycles. The van der Waals surface area contributed by atoms with Crippen molar-refractivity contribution >= 4 is 28.8 Å². The largest absolute Gasteiger partial charge is 0.458 e. The highest BCUT2D eigenvalue weighted by Crippen LogP contribution is 2.45. The SMILES string of the molecule is C=CCOC(=O)C1=C(C)N=C2SC=C(CC(=O)N3CCOCC3)N2[C@H]1c1ccc(F)cc1. The molecule has 0 unspecified atom stereocenters. The fourth-order valence-corrected chi connectivity index (χ4v) is 4.85. The molecule has 1 aromatic rings. The number of fused-ring (bicyclic) bond motifs is 1. The third-order valence-electron chi connectivity index (χ3n) is 5.43. The first-order valence-electron chi connectivity index (χ1n) is 10.3. The van der Waals surface area contributed by atoms with Gasteiger partial charge >= 0.3 is 5.97 Å². The lowest BCUT2D eigenvalue weighted by atomic mass is 9.94. The monoisotopic (exact) mass is 457 g/mol. The first kappa shape index (κ1) is 22.3. The van der Waals surface area contributed by atoms with Crippen molar-refractivity contribution in [1.29, 1.82) is 0 Å². The minimum Gasteiger partial charge on any atom is -0.458 e. The molecule has 7 nitrogen and oxygen atoms in total. The Bertz CT molecular complexity index is 1010. The molecule has 1 amide bonds. The number of halogens is 1. The number of rotatable bonds is 6. The van der Waals surface area contributed by atoms with Crippen molar-refractivity contribution in [2.24, 2.45) is 4.99 Å². The predicted molar refractivity (Wildman–Crippen MR) is 120 cm³/mol. The van der Waals surface area contributed by atoms with Crippen LogP contribution >= 0.6 is 11.8 Å². The maximum Gasteiger partial charge on any atom is 0.338 e. The molecule has 4 rings (SSSR count). The molecule has 9 heteroatoms. The Hall–Kier alpha value is -2.91. The molecule has 1 aromatic carbocycles. The maximum absolute atomic E-state index is 13.6. The van der Waals surface area contributed by atoms with Gasteiger partial charge in [-0.25, -0.2) is 14.2 Å². The van der Waals surface area contributed by atoms with Gasteiger partial charge < -0.3 is 19.3 Å². The zero-order valence-electron chi connectivity index (χ0n) is 17.8. The number of carbonyl (C=O) groups excluding carboxylic acids is 2. The molecule has 1 saturated heterocycles. The van der Waals surface area contributed by atoms with Crippen LogP contribution in [-0.2, 0) is 19.1 Å². The number of amides is 1. The number of aliphatic imine (C=N–C) groups is 1. The average molecular weight is 458 g/mol. The fraction of sp³-hybridized carbons (Fsp3) is 0.348. The average Bonchev–Trinajstić information content (AvgIpc) is 3.19. The summed E-state index contributed by atoms with van der Waals surface area (Å²) in [7, 11) is 0. The van der Waals surface area contributed by atoms with Gasteiger partial charge in [-0.3, -0.25) is 4.79 Å². The minimum atomic E-state index is -0.584. The van der Waals surface area contributed by atoms with E-state index < -0.39 is 12.0 Å². The van der Waals surface area contributed by atoms with Crippen LogP contribution < -0.4 is 0 Å². The maximum atomic E-state index is 13.6. The third-order valence-corrected chi connectivity index (χ3v) is 6.32. The molecule has 3 aliphatic heterocycles. The lowest BCUT2D eigenvalue weighted by molar-refractivity contribution is -0.138. The molecule has 3 heterocycles. The fourth-order valence-electron chi connectivity index (χ4n) is 3.88. The topological polar surface area (TPSA) is 71.4 Å². The number of thioether (sulfide) groups is 1. The normalized spacial score (nSPS) is 20.5. The van der Waals surface area contributed by atoms with Gasteiger partial charge in [0.05, 0.1) is 36.9 Å². The van der Waals surface area contributed by atoms with Crippen molar-refractivity contribution in [2.75, 3.05) is 32.9 Å². The summed E-state index contributed by atoms with van der Waals surface area (Å²) in [6.45, 7) is 7.56. The molecular formula is C23H24FN3O4S. The van der Waals surface area contributed by atoms with Gasteiger partial charge in [-0.05, 0) is 30.0 Å². The standard InChI is InChI=1S/C23H24FN3O4S/c1-3-10-31-22(29)20-15(2)25-23-27(21(20)16-4-6-17(24)7-5-16)18(14-32-23)13-19(28)26-8-11-30-12-9-26/h3-7,14,21H,1,8-13H2,2H3/t21-/m0/s1. The first-order valence-corrected chi connectivity index (χ1v) is 11.2. The highest BCUT2D eigenvalue weighted by molar-refractivity contribution is 8.16. The van der Waals surface area contributed by atoms with E-state index in [1.165, 1.54) is 30.0 Å². The van der Waals surface area contributed by atoms with Crippen molar-refractivity contribution in [3.05, 3.63) is 70.7 Å². The van der Waals surface area contributed by atoms with Crippen LogP contribution in [0.15, 0.2) is 64.3 Å². The Balaban J connectivity index is 1.68. The van der Waals surface area contributed by atoms with Gasteiger partial charge in [-0.15, -0.1) is 0 Å². The summed E-state index contributed by atoms with van der Waals surface area (Å²) < 4.78 is 24.3. The zero-order valence-corrected chi connectivity index (χ0v) is 18.6. The second-order valence-electron chi connectivity index (χ2n) is 7.50. The van der Waals surface area contributed by atoms with Crippen molar-refractivity contribution < 1.29 is 23.5 Å². The van der Waals surface area contributed by atoms with Crippen molar-refractivity contribution in [3.63, 3.8) is 0 Å². The zero-order chi connectivity index (χ0) is 22.7. The van der Waals surface area contributed by atoms with E-state index in [0.717, 1.165) is 5.70 Å². The number of hydrogen-bond acceptors (Lipinski definition) is 7. The molecule has 1 atom stereocenters. The predicted octanol–water partition coefficient (Wildman–Crippen LogP) is 3.38.